The Labute approximate surface area is 149 Å². The van der Waals surface area contributed by atoms with Gasteiger partial charge in [0.2, 0.25) is 5.91 Å². The molecule has 1 aromatic carbocycles. The lowest BCUT2D eigenvalue weighted by Gasteiger charge is -2.22. The van der Waals surface area contributed by atoms with Gasteiger partial charge in [0.15, 0.2) is 9.84 Å². The van der Waals surface area contributed by atoms with Gasteiger partial charge in [0, 0.05) is 24.5 Å². The first kappa shape index (κ1) is 17.7. The molecule has 0 aromatic heterocycles. The Kier molecular flexibility index (Phi) is 5.50. The van der Waals surface area contributed by atoms with E-state index in [1.807, 2.05) is 6.07 Å². The SMILES string of the molecule is O=C(CC1CCCC1)N1CCC(c2ccccc2Cl)S(=O)(=O)CC1. The molecule has 2 aliphatic rings. The summed E-state index contributed by atoms with van der Waals surface area (Å²) in [4.78, 5) is 14.3. The average Bonchev–Trinajstić information content (AvgIpc) is 2.98. The van der Waals surface area contributed by atoms with E-state index in [-0.39, 0.29) is 11.7 Å². The summed E-state index contributed by atoms with van der Waals surface area (Å²) in [5, 5.41) is -0.132. The van der Waals surface area contributed by atoms with Crippen molar-refractivity contribution >= 4 is 27.3 Å². The topological polar surface area (TPSA) is 54.5 Å². The summed E-state index contributed by atoms with van der Waals surface area (Å²) in [5.74, 6) is 0.605. The van der Waals surface area contributed by atoms with E-state index in [4.69, 9.17) is 11.6 Å². The maximum absolute atomic E-state index is 12.7. The van der Waals surface area contributed by atoms with Crippen molar-refractivity contribution in [3.63, 3.8) is 0 Å². The molecule has 0 radical (unpaired) electrons. The Morgan fingerprint density at radius 2 is 1.83 bits per heavy atom. The van der Waals surface area contributed by atoms with Crippen molar-refractivity contribution < 1.29 is 13.2 Å². The van der Waals surface area contributed by atoms with E-state index >= 15 is 0 Å². The van der Waals surface area contributed by atoms with Crippen LogP contribution in [0.2, 0.25) is 5.02 Å². The molecule has 1 amide bonds. The summed E-state index contributed by atoms with van der Waals surface area (Å²) in [5.41, 5.74) is 0.657. The third kappa shape index (κ3) is 3.94. The fourth-order valence-electron chi connectivity index (χ4n) is 3.87. The summed E-state index contributed by atoms with van der Waals surface area (Å²) in [6.45, 7) is 0.787. The standard InChI is InChI=1S/C18H24ClNO3S/c19-16-8-4-3-7-15(16)17-9-10-20(11-12-24(17,22)23)18(21)13-14-5-1-2-6-14/h3-4,7-8,14,17H,1-2,5-6,9-13H2. The molecular formula is C18H24ClNO3S. The van der Waals surface area contributed by atoms with Gasteiger partial charge in [-0.05, 0) is 36.8 Å². The minimum atomic E-state index is -3.31. The van der Waals surface area contributed by atoms with Crippen molar-refractivity contribution in [3.05, 3.63) is 34.9 Å². The Balaban J connectivity index is 1.72. The van der Waals surface area contributed by atoms with Gasteiger partial charge >= 0.3 is 0 Å². The minimum Gasteiger partial charge on any atom is -0.342 e. The van der Waals surface area contributed by atoms with Crippen molar-refractivity contribution in [1.29, 1.82) is 0 Å². The van der Waals surface area contributed by atoms with E-state index in [9.17, 15) is 13.2 Å². The highest BCUT2D eigenvalue weighted by molar-refractivity contribution is 7.91. The number of rotatable bonds is 3. The van der Waals surface area contributed by atoms with Crippen molar-refractivity contribution in [1.82, 2.24) is 4.90 Å². The number of benzene rings is 1. The molecule has 4 nitrogen and oxygen atoms in total. The van der Waals surface area contributed by atoms with Gasteiger partial charge in [0.25, 0.3) is 0 Å². The maximum atomic E-state index is 12.7. The molecule has 2 fully saturated rings. The number of carbonyl (C=O) groups is 1. The average molecular weight is 370 g/mol. The van der Waals surface area contributed by atoms with E-state index in [2.05, 4.69) is 0 Å². The summed E-state index contributed by atoms with van der Waals surface area (Å²) in [7, 11) is -3.31. The molecule has 1 aromatic rings. The smallest absolute Gasteiger partial charge is 0.222 e. The fraction of sp³-hybridized carbons (Fsp3) is 0.611. The second kappa shape index (κ2) is 7.44. The summed E-state index contributed by atoms with van der Waals surface area (Å²) in [6, 6.07) is 7.11. The van der Waals surface area contributed by atoms with Crippen LogP contribution in [0.15, 0.2) is 24.3 Å². The van der Waals surface area contributed by atoms with Gasteiger partial charge in [-0.25, -0.2) is 8.42 Å². The molecule has 1 atom stereocenters. The van der Waals surface area contributed by atoms with Crippen LogP contribution in [0.4, 0.5) is 0 Å². The van der Waals surface area contributed by atoms with Gasteiger partial charge in [-0.3, -0.25) is 4.79 Å². The van der Waals surface area contributed by atoms with Crippen molar-refractivity contribution in [2.24, 2.45) is 5.92 Å². The van der Waals surface area contributed by atoms with Crippen molar-refractivity contribution in [2.45, 2.75) is 43.8 Å². The first-order chi connectivity index (χ1) is 11.5. The number of nitrogens with zero attached hydrogens (tertiary/aromatic N) is 1. The van der Waals surface area contributed by atoms with E-state index in [0.717, 1.165) is 12.8 Å². The number of sulfone groups is 1. The quantitative estimate of drug-likeness (QED) is 0.817. The Bertz CT molecular complexity index is 698. The van der Waals surface area contributed by atoms with Crippen LogP contribution in [0.5, 0.6) is 0 Å². The molecule has 24 heavy (non-hydrogen) atoms. The molecule has 1 saturated heterocycles. The van der Waals surface area contributed by atoms with E-state index < -0.39 is 15.1 Å². The minimum absolute atomic E-state index is 0.0132. The zero-order valence-corrected chi connectivity index (χ0v) is 15.4. The monoisotopic (exact) mass is 369 g/mol. The molecule has 0 N–H and O–H groups in total. The molecule has 1 unspecified atom stereocenters. The molecule has 0 bridgehead atoms. The zero-order valence-electron chi connectivity index (χ0n) is 13.8. The largest absolute Gasteiger partial charge is 0.342 e. The second-order valence-corrected chi connectivity index (χ2v) is 9.61. The first-order valence-electron chi connectivity index (χ1n) is 8.71. The lowest BCUT2D eigenvalue weighted by atomic mass is 10.0. The Hall–Kier alpha value is -1.07. The van der Waals surface area contributed by atoms with Gasteiger partial charge in [0.05, 0.1) is 11.0 Å². The number of halogens is 1. The van der Waals surface area contributed by atoms with Crippen LogP contribution in [0.1, 0.15) is 49.3 Å². The van der Waals surface area contributed by atoms with Crippen LogP contribution in [0.25, 0.3) is 0 Å². The van der Waals surface area contributed by atoms with Crippen LogP contribution in [0, 0.1) is 5.92 Å². The summed E-state index contributed by atoms with van der Waals surface area (Å²) in [6.07, 6.45) is 5.65. The highest BCUT2D eigenvalue weighted by Crippen LogP contribution is 2.34. The molecule has 3 rings (SSSR count). The number of carbonyl (C=O) groups excluding carboxylic acids is 1. The highest BCUT2D eigenvalue weighted by Gasteiger charge is 2.34. The maximum Gasteiger partial charge on any atom is 0.222 e. The molecule has 1 aliphatic heterocycles. The number of amides is 1. The van der Waals surface area contributed by atoms with E-state index in [1.165, 1.54) is 12.8 Å². The van der Waals surface area contributed by atoms with Crippen LogP contribution >= 0.6 is 11.6 Å². The van der Waals surface area contributed by atoms with Gasteiger partial charge in [-0.15, -0.1) is 0 Å². The third-order valence-electron chi connectivity index (χ3n) is 5.28. The predicted molar refractivity (Wildman–Crippen MR) is 95.8 cm³/mol. The Morgan fingerprint density at radius 3 is 2.54 bits per heavy atom. The van der Waals surface area contributed by atoms with Crippen LogP contribution in [-0.2, 0) is 14.6 Å². The number of hydrogen-bond donors (Lipinski definition) is 0. The molecule has 132 valence electrons. The zero-order chi connectivity index (χ0) is 17.2. The molecule has 1 heterocycles. The van der Waals surface area contributed by atoms with Gasteiger partial charge in [-0.1, -0.05) is 42.6 Å². The molecule has 6 heteroatoms. The normalized spacial score (nSPS) is 24.7. The second-order valence-electron chi connectivity index (χ2n) is 6.90. The summed E-state index contributed by atoms with van der Waals surface area (Å²) < 4.78 is 25.3. The Morgan fingerprint density at radius 1 is 1.12 bits per heavy atom. The summed E-state index contributed by atoms with van der Waals surface area (Å²) >= 11 is 6.21. The van der Waals surface area contributed by atoms with E-state index in [0.29, 0.717) is 42.4 Å². The number of hydrogen-bond acceptors (Lipinski definition) is 3. The molecule has 1 aliphatic carbocycles. The molecule has 0 spiro atoms. The lowest BCUT2D eigenvalue weighted by molar-refractivity contribution is -0.131. The van der Waals surface area contributed by atoms with Gasteiger partial charge < -0.3 is 4.90 Å². The van der Waals surface area contributed by atoms with Crippen LogP contribution in [0.3, 0.4) is 0 Å². The van der Waals surface area contributed by atoms with Crippen molar-refractivity contribution in [2.75, 3.05) is 18.8 Å². The predicted octanol–water partition coefficient (Wildman–Crippen LogP) is 3.61. The van der Waals surface area contributed by atoms with Crippen molar-refractivity contribution in [3.8, 4) is 0 Å². The van der Waals surface area contributed by atoms with Crippen LogP contribution < -0.4 is 0 Å². The third-order valence-corrected chi connectivity index (χ3v) is 7.74. The van der Waals surface area contributed by atoms with Gasteiger partial charge in [-0.2, -0.15) is 0 Å². The highest BCUT2D eigenvalue weighted by atomic mass is 35.5. The molecular weight excluding hydrogens is 346 g/mol. The van der Waals surface area contributed by atoms with Gasteiger partial charge in [0.1, 0.15) is 0 Å². The fourth-order valence-corrected chi connectivity index (χ4v) is 6.02. The van der Waals surface area contributed by atoms with E-state index in [1.54, 1.807) is 23.1 Å². The first-order valence-corrected chi connectivity index (χ1v) is 10.8. The van der Waals surface area contributed by atoms with Crippen LogP contribution in [-0.4, -0.2) is 38.1 Å². The molecule has 1 saturated carbocycles. The lowest BCUT2D eigenvalue weighted by Crippen LogP contribution is -2.34.